The van der Waals surface area contributed by atoms with Crippen LogP contribution in [0.15, 0.2) is 24.3 Å². The summed E-state index contributed by atoms with van der Waals surface area (Å²) in [5.74, 6) is 1.54. The molecule has 21 heavy (non-hydrogen) atoms. The topological polar surface area (TPSA) is 47.0 Å². The largest absolute Gasteiger partial charge is 0.380 e. The van der Waals surface area contributed by atoms with Crippen LogP contribution >= 0.6 is 11.6 Å². The van der Waals surface area contributed by atoms with Crippen molar-refractivity contribution in [1.82, 2.24) is 9.97 Å². The van der Waals surface area contributed by atoms with Crippen molar-refractivity contribution in [1.29, 1.82) is 0 Å². The van der Waals surface area contributed by atoms with Crippen molar-refractivity contribution in [2.45, 2.75) is 33.4 Å². The van der Waals surface area contributed by atoms with Gasteiger partial charge in [-0.1, -0.05) is 42.8 Å². The molecule has 0 amide bonds. The lowest BCUT2D eigenvalue weighted by Gasteiger charge is -2.13. The third-order valence-electron chi connectivity index (χ3n) is 3.31. The van der Waals surface area contributed by atoms with Gasteiger partial charge in [0.2, 0.25) is 0 Å². The van der Waals surface area contributed by atoms with Crippen LogP contribution in [-0.2, 0) is 24.3 Å². The Morgan fingerprint density at radius 3 is 2.57 bits per heavy atom. The monoisotopic (exact) mass is 305 g/mol. The summed E-state index contributed by atoms with van der Waals surface area (Å²) in [5, 5.41) is 3.86. The molecule has 0 spiro atoms. The number of rotatable bonds is 6. The van der Waals surface area contributed by atoms with E-state index in [1.165, 1.54) is 11.1 Å². The minimum Gasteiger partial charge on any atom is -0.380 e. The van der Waals surface area contributed by atoms with Crippen LogP contribution in [0, 0.1) is 6.92 Å². The Bertz CT molecular complexity index is 616. The van der Waals surface area contributed by atoms with Gasteiger partial charge < -0.3 is 10.1 Å². The first-order valence-corrected chi connectivity index (χ1v) is 7.36. The molecular formula is C16H20ClN3O. The Labute approximate surface area is 130 Å². The summed E-state index contributed by atoms with van der Waals surface area (Å²) < 4.78 is 5.23. The number of hydrogen-bond donors (Lipinski definition) is 1. The number of ether oxygens (including phenoxy) is 1. The summed E-state index contributed by atoms with van der Waals surface area (Å²) in [5.41, 5.74) is 3.23. The van der Waals surface area contributed by atoms with Gasteiger partial charge in [0, 0.05) is 25.6 Å². The first kappa shape index (κ1) is 15.7. The zero-order chi connectivity index (χ0) is 15.2. The Morgan fingerprint density at radius 1 is 1.19 bits per heavy atom. The highest BCUT2D eigenvalue weighted by Gasteiger charge is 2.09. The van der Waals surface area contributed by atoms with E-state index in [4.69, 9.17) is 16.3 Å². The van der Waals surface area contributed by atoms with Gasteiger partial charge >= 0.3 is 0 Å². The molecule has 0 radical (unpaired) electrons. The van der Waals surface area contributed by atoms with Gasteiger partial charge in [0.25, 0.3) is 0 Å². The second-order valence-electron chi connectivity index (χ2n) is 4.81. The van der Waals surface area contributed by atoms with E-state index in [9.17, 15) is 0 Å². The molecule has 0 saturated heterocycles. The molecule has 4 nitrogen and oxygen atoms in total. The SMILES string of the molecule is CCc1nc(Cl)c(C)c(NCc2ccccc2COC)n1. The highest BCUT2D eigenvalue weighted by molar-refractivity contribution is 6.30. The maximum atomic E-state index is 6.15. The van der Waals surface area contributed by atoms with Crippen molar-refractivity contribution in [3.05, 3.63) is 51.9 Å². The second kappa shape index (κ2) is 7.38. The Kier molecular flexibility index (Phi) is 5.53. The molecule has 0 fully saturated rings. The number of nitrogens with one attached hydrogen (secondary N) is 1. The van der Waals surface area contributed by atoms with Crippen LogP contribution in [0.4, 0.5) is 5.82 Å². The fraction of sp³-hybridized carbons (Fsp3) is 0.375. The van der Waals surface area contributed by atoms with Gasteiger partial charge in [-0.25, -0.2) is 9.97 Å². The van der Waals surface area contributed by atoms with Crippen LogP contribution in [-0.4, -0.2) is 17.1 Å². The minimum absolute atomic E-state index is 0.509. The van der Waals surface area contributed by atoms with Crippen LogP contribution in [0.25, 0.3) is 0 Å². The average molecular weight is 306 g/mol. The van der Waals surface area contributed by atoms with Gasteiger partial charge in [0.05, 0.1) is 6.61 Å². The first-order valence-electron chi connectivity index (χ1n) is 6.98. The number of nitrogens with zero attached hydrogens (tertiary/aromatic N) is 2. The summed E-state index contributed by atoms with van der Waals surface area (Å²) in [6, 6.07) is 8.19. The van der Waals surface area contributed by atoms with E-state index in [1.54, 1.807) is 7.11 Å². The lowest BCUT2D eigenvalue weighted by atomic mass is 10.1. The Balaban J connectivity index is 2.18. The van der Waals surface area contributed by atoms with Crippen molar-refractivity contribution >= 4 is 17.4 Å². The number of benzene rings is 1. The number of anilines is 1. The Morgan fingerprint density at radius 2 is 1.90 bits per heavy atom. The van der Waals surface area contributed by atoms with E-state index >= 15 is 0 Å². The summed E-state index contributed by atoms with van der Waals surface area (Å²) in [6.07, 6.45) is 0.759. The number of aryl methyl sites for hydroxylation is 1. The number of halogens is 1. The molecule has 0 bridgehead atoms. The highest BCUT2D eigenvalue weighted by Crippen LogP contribution is 2.21. The van der Waals surface area contributed by atoms with Crippen LogP contribution in [0.3, 0.4) is 0 Å². The molecule has 0 aliphatic rings. The molecule has 2 aromatic rings. The molecule has 0 saturated carbocycles. The van der Waals surface area contributed by atoms with Crippen molar-refractivity contribution in [3.63, 3.8) is 0 Å². The number of hydrogen-bond acceptors (Lipinski definition) is 4. The molecule has 1 N–H and O–H groups in total. The fourth-order valence-corrected chi connectivity index (χ4v) is 2.26. The van der Waals surface area contributed by atoms with Gasteiger partial charge in [0.15, 0.2) is 0 Å². The molecule has 5 heteroatoms. The normalized spacial score (nSPS) is 10.7. The van der Waals surface area contributed by atoms with Crippen molar-refractivity contribution < 1.29 is 4.74 Å². The van der Waals surface area contributed by atoms with Gasteiger partial charge in [-0.2, -0.15) is 0 Å². The standard InChI is InChI=1S/C16H20ClN3O/c1-4-14-19-15(17)11(2)16(20-14)18-9-12-7-5-6-8-13(12)10-21-3/h5-8H,4,9-10H2,1-3H3,(H,18,19,20). The van der Waals surface area contributed by atoms with Gasteiger partial charge in [-0.15, -0.1) is 0 Å². The van der Waals surface area contributed by atoms with Crippen LogP contribution in [0.5, 0.6) is 0 Å². The predicted octanol–water partition coefficient (Wildman–Crippen LogP) is 3.76. The molecule has 112 valence electrons. The molecule has 1 heterocycles. The lowest BCUT2D eigenvalue weighted by Crippen LogP contribution is -2.08. The third-order valence-corrected chi connectivity index (χ3v) is 3.68. The van der Waals surface area contributed by atoms with Crippen molar-refractivity contribution in [2.24, 2.45) is 0 Å². The quantitative estimate of drug-likeness (QED) is 0.826. The molecule has 2 rings (SSSR count). The molecule has 1 aromatic carbocycles. The molecule has 0 aliphatic heterocycles. The zero-order valence-corrected chi connectivity index (χ0v) is 13.4. The number of methoxy groups -OCH3 is 1. The van der Waals surface area contributed by atoms with Crippen LogP contribution < -0.4 is 5.32 Å². The van der Waals surface area contributed by atoms with Gasteiger partial charge in [-0.05, 0) is 18.1 Å². The average Bonchev–Trinajstić information content (AvgIpc) is 2.50. The smallest absolute Gasteiger partial charge is 0.137 e. The van der Waals surface area contributed by atoms with Crippen molar-refractivity contribution in [2.75, 3.05) is 12.4 Å². The summed E-state index contributed by atoms with van der Waals surface area (Å²) in [7, 11) is 1.70. The molecule has 0 unspecified atom stereocenters. The highest BCUT2D eigenvalue weighted by atomic mass is 35.5. The van der Waals surface area contributed by atoms with E-state index in [1.807, 2.05) is 26.0 Å². The fourth-order valence-electron chi connectivity index (χ4n) is 2.07. The second-order valence-corrected chi connectivity index (χ2v) is 5.17. The third kappa shape index (κ3) is 3.93. The molecular weight excluding hydrogens is 286 g/mol. The summed E-state index contributed by atoms with van der Waals surface area (Å²) in [4.78, 5) is 8.75. The zero-order valence-electron chi connectivity index (χ0n) is 12.6. The van der Waals surface area contributed by atoms with E-state index in [2.05, 4.69) is 27.4 Å². The minimum atomic E-state index is 0.509. The van der Waals surface area contributed by atoms with E-state index < -0.39 is 0 Å². The van der Waals surface area contributed by atoms with Crippen LogP contribution in [0.2, 0.25) is 5.15 Å². The first-order chi connectivity index (χ1) is 10.2. The van der Waals surface area contributed by atoms with E-state index in [-0.39, 0.29) is 0 Å². The Hall–Kier alpha value is -1.65. The van der Waals surface area contributed by atoms with Crippen molar-refractivity contribution in [3.8, 4) is 0 Å². The molecule has 0 atom stereocenters. The van der Waals surface area contributed by atoms with E-state index in [0.29, 0.717) is 18.3 Å². The number of aromatic nitrogens is 2. The predicted molar refractivity (Wildman–Crippen MR) is 85.6 cm³/mol. The van der Waals surface area contributed by atoms with Gasteiger partial charge in [-0.3, -0.25) is 0 Å². The van der Waals surface area contributed by atoms with Crippen LogP contribution in [0.1, 0.15) is 29.4 Å². The lowest BCUT2D eigenvalue weighted by molar-refractivity contribution is 0.184. The maximum absolute atomic E-state index is 6.15. The van der Waals surface area contributed by atoms with Gasteiger partial charge in [0.1, 0.15) is 16.8 Å². The van der Waals surface area contributed by atoms with E-state index in [0.717, 1.165) is 23.6 Å². The molecule has 1 aromatic heterocycles. The maximum Gasteiger partial charge on any atom is 0.137 e. The summed E-state index contributed by atoms with van der Waals surface area (Å²) >= 11 is 6.15. The molecule has 0 aliphatic carbocycles. The summed E-state index contributed by atoms with van der Waals surface area (Å²) in [6.45, 7) is 5.21.